The first kappa shape index (κ1) is 15.8. The highest BCUT2D eigenvalue weighted by Gasteiger charge is 2.23. The van der Waals surface area contributed by atoms with Gasteiger partial charge < -0.3 is 10.8 Å². The Bertz CT molecular complexity index is 367. The van der Waals surface area contributed by atoms with Gasteiger partial charge in [-0.2, -0.15) is 13.1 Å². The van der Waals surface area contributed by atoms with Gasteiger partial charge in [0.05, 0.1) is 0 Å². The molecule has 0 spiro atoms. The molecule has 1 unspecified atom stereocenters. The van der Waals surface area contributed by atoms with Gasteiger partial charge in [0.15, 0.2) is 0 Å². The minimum Gasteiger partial charge on any atom is -0.480 e. The van der Waals surface area contributed by atoms with Gasteiger partial charge in [-0.3, -0.25) is 9.59 Å². The van der Waals surface area contributed by atoms with Crippen LogP contribution < -0.4 is 15.2 Å². The molecule has 0 fully saturated rings. The lowest BCUT2D eigenvalue weighted by Crippen LogP contribution is -2.46. The Labute approximate surface area is 99.7 Å². The predicted molar refractivity (Wildman–Crippen MR) is 60.2 cm³/mol. The lowest BCUT2D eigenvalue weighted by atomic mass is 10.2. The van der Waals surface area contributed by atoms with Crippen molar-refractivity contribution in [3.63, 3.8) is 0 Å². The molecule has 9 heteroatoms. The molecule has 0 aromatic rings. The molecule has 0 aromatic carbocycles. The van der Waals surface area contributed by atoms with E-state index in [4.69, 9.17) is 10.8 Å². The van der Waals surface area contributed by atoms with Gasteiger partial charge >= 0.3 is 5.97 Å². The fourth-order valence-corrected chi connectivity index (χ4v) is 2.13. The van der Waals surface area contributed by atoms with E-state index in [0.717, 1.165) is 0 Å². The van der Waals surface area contributed by atoms with Crippen molar-refractivity contribution in [3.05, 3.63) is 0 Å². The van der Waals surface area contributed by atoms with Crippen LogP contribution in [0, 0.1) is 0 Å². The number of aliphatic carboxylic acids is 1. The zero-order valence-corrected chi connectivity index (χ0v) is 10.3. The number of nitrogens with one attached hydrogen (secondary N) is 2. The second-order valence-electron chi connectivity index (χ2n) is 3.41. The SMILES string of the molecule is CCCNS(=O)(=O)NC(CCC(N)=O)C(=O)O. The number of amides is 1. The van der Waals surface area contributed by atoms with Crippen LogP contribution >= 0.6 is 0 Å². The van der Waals surface area contributed by atoms with Gasteiger partial charge in [0.1, 0.15) is 6.04 Å². The zero-order chi connectivity index (χ0) is 13.5. The highest BCUT2D eigenvalue weighted by molar-refractivity contribution is 7.87. The van der Waals surface area contributed by atoms with E-state index in [0.29, 0.717) is 6.42 Å². The van der Waals surface area contributed by atoms with Crippen LogP contribution in [0.25, 0.3) is 0 Å². The molecule has 0 aliphatic heterocycles. The molecule has 0 aliphatic carbocycles. The van der Waals surface area contributed by atoms with E-state index in [9.17, 15) is 18.0 Å². The lowest BCUT2D eigenvalue weighted by Gasteiger charge is -2.14. The van der Waals surface area contributed by atoms with E-state index in [-0.39, 0.29) is 19.4 Å². The molecule has 0 rings (SSSR count). The molecule has 0 aliphatic rings. The van der Waals surface area contributed by atoms with E-state index >= 15 is 0 Å². The first-order chi connectivity index (χ1) is 7.78. The lowest BCUT2D eigenvalue weighted by molar-refractivity contribution is -0.139. The van der Waals surface area contributed by atoms with Crippen molar-refractivity contribution in [1.82, 2.24) is 9.44 Å². The number of carbonyl (C=O) groups excluding carboxylic acids is 1. The van der Waals surface area contributed by atoms with Gasteiger partial charge in [-0.05, 0) is 12.8 Å². The van der Waals surface area contributed by atoms with E-state index in [1.807, 2.05) is 4.72 Å². The molecule has 5 N–H and O–H groups in total. The molecule has 17 heavy (non-hydrogen) atoms. The Morgan fingerprint density at radius 1 is 1.41 bits per heavy atom. The largest absolute Gasteiger partial charge is 0.480 e. The summed E-state index contributed by atoms with van der Waals surface area (Å²) >= 11 is 0. The summed E-state index contributed by atoms with van der Waals surface area (Å²) in [6.07, 6.45) is 0.199. The standard InChI is InChI=1S/C8H17N3O5S/c1-2-5-10-17(15,16)11-6(8(13)14)3-4-7(9)12/h6,10-11H,2-5H2,1H3,(H2,9,12)(H,13,14). The fraction of sp³-hybridized carbons (Fsp3) is 0.750. The molecular formula is C8H17N3O5S. The van der Waals surface area contributed by atoms with Crippen molar-refractivity contribution in [2.45, 2.75) is 32.2 Å². The van der Waals surface area contributed by atoms with Crippen molar-refractivity contribution in [2.24, 2.45) is 5.73 Å². The molecular weight excluding hydrogens is 250 g/mol. The normalized spacial score (nSPS) is 13.2. The summed E-state index contributed by atoms with van der Waals surface area (Å²) in [6.45, 7) is 1.97. The van der Waals surface area contributed by atoms with Crippen LogP contribution in [0.5, 0.6) is 0 Å². The number of hydrogen-bond acceptors (Lipinski definition) is 4. The van der Waals surface area contributed by atoms with Crippen molar-refractivity contribution in [3.8, 4) is 0 Å². The number of nitrogens with two attached hydrogens (primary N) is 1. The van der Waals surface area contributed by atoms with Crippen LogP contribution in [0.15, 0.2) is 0 Å². The number of carboxylic acid groups (broad SMARTS) is 1. The maximum atomic E-state index is 11.3. The minimum absolute atomic E-state index is 0.183. The fourth-order valence-electron chi connectivity index (χ4n) is 0.985. The molecule has 0 radical (unpaired) electrons. The van der Waals surface area contributed by atoms with E-state index in [1.54, 1.807) is 6.92 Å². The molecule has 100 valence electrons. The van der Waals surface area contributed by atoms with Crippen molar-refractivity contribution in [1.29, 1.82) is 0 Å². The molecule has 0 saturated heterocycles. The summed E-state index contributed by atoms with van der Waals surface area (Å²) in [5.41, 5.74) is 4.86. The summed E-state index contributed by atoms with van der Waals surface area (Å²) in [6, 6.07) is -1.36. The Morgan fingerprint density at radius 3 is 2.41 bits per heavy atom. The van der Waals surface area contributed by atoms with Gasteiger partial charge in [0.2, 0.25) is 5.91 Å². The van der Waals surface area contributed by atoms with Crippen LogP contribution in [0.3, 0.4) is 0 Å². The highest BCUT2D eigenvalue weighted by atomic mass is 32.2. The molecule has 1 amide bonds. The Hall–Kier alpha value is -1.19. The van der Waals surface area contributed by atoms with Crippen LogP contribution in [0.4, 0.5) is 0 Å². The topological polar surface area (TPSA) is 139 Å². The molecule has 8 nitrogen and oxygen atoms in total. The smallest absolute Gasteiger partial charge is 0.321 e. The number of rotatable bonds is 9. The summed E-state index contributed by atoms with van der Waals surface area (Å²) in [5.74, 6) is -2.04. The van der Waals surface area contributed by atoms with Crippen LogP contribution in [-0.2, 0) is 19.8 Å². The predicted octanol–water partition coefficient (Wildman–Crippen LogP) is -1.46. The van der Waals surface area contributed by atoms with Crippen LogP contribution in [0.2, 0.25) is 0 Å². The third-order valence-electron chi connectivity index (χ3n) is 1.82. The Kier molecular flexibility index (Phi) is 6.69. The number of hydrogen-bond donors (Lipinski definition) is 4. The first-order valence-corrected chi connectivity index (χ1v) is 6.55. The molecule has 0 heterocycles. The maximum Gasteiger partial charge on any atom is 0.321 e. The Morgan fingerprint density at radius 2 is 2.00 bits per heavy atom. The molecule has 0 bridgehead atoms. The average Bonchev–Trinajstić information content (AvgIpc) is 2.20. The van der Waals surface area contributed by atoms with E-state index in [1.165, 1.54) is 0 Å². The van der Waals surface area contributed by atoms with Crippen molar-refractivity contribution in [2.75, 3.05) is 6.54 Å². The Balaban J connectivity index is 4.43. The maximum absolute atomic E-state index is 11.3. The van der Waals surface area contributed by atoms with Gasteiger partial charge in [-0.1, -0.05) is 6.92 Å². The average molecular weight is 267 g/mol. The van der Waals surface area contributed by atoms with Crippen LogP contribution in [0.1, 0.15) is 26.2 Å². The van der Waals surface area contributed by atoms with Gasteiger partial charge in [0.25, 0.3) is 10.2 Å². The second kappa shape index (κ2) is 7.20. The zero-order valence-electron chi connectivity index (χ0n) is 9.47. The minimum atomic E-state index is -3.87. The third kappa shape index (κ3) is 7.66. The summed E-state index contributed by atoms with van der Waals surface area (Å²) in [4.78, 5) is 21.3. The van der Waals surface area contributed by atoms with Gasteiger partial charge in [-0.15, -0.1) is 0 Å². The number of primary amides is 1. The summed E-state index contributed by atoms with van der Waals surface area (Å²) in [7, 11) is -3.87. The quantitative estimate of drug-likeness (QED) is 0.404. The summed E-state index contributed by atoms with van der Waals surface area (Å²) in [5, 5.41) is 8.77. The van der Waals surface area contributed by atoms with E-state index in [2.05, 4.69) is 4.72 Å². The van der Waals surface area contributed by atoms with Crippen LogP contribution in [-0.4, -0.2) is 38.0 Å². The monoisotopic (exact) mass is 267 g/mol. The van der Waals surface area contributed by atoms with Crippen molar-refractivity contribution < 1.29 is 23.1 Å². The van der Waals surface area contributed by atoms with Gasteiger partial charge in [-0.25, -0.2) is 4.72 Å². The van der Waals surface area contributed by atoms with E-state index < -0.39 is 28.1 Å². The summed E-state index contributed by atoms with van der Waals surface area (Å²) < 4.78 is 26.8. The molecule has 0 aromatic heterocycles. The van der Waals surface area contributed by atoms with Gasteiger partial charge in [0, 0.05) is 13.0 Å². The first-order valence-electron chi connectivity index (χ1n) is 5.06. The third-order valence-corrected chi connectivity index (χ3v) is 3.00. The number of carbonyl (C=O) groups is 2. The van der Waals surface area contributed by atoms with Crippen molar-refractivity contribution >= 4 is 22.1 Å². The molecule has 0 saturated carbocycles. The number of carboxylic acids is 1. The second-order valence-corrected chi connectivity index (χ2v) is 4.94. The highest BCUT2D eigenvalue weighted by Crippen LogP contribution is 1.99. The molecule has 1 atom stereocenters.